The van der Waals surface area contributed by atoms with Crippen molar-refractivity contribution in [3.63, 3.8) is 0 Å². The highest BCUT2D eigenvalue weighted by Gasteiger charge is 2.10. The SMILES string of the molecule is CCCC(CCN)CCC(=O)NOCC(=O)O. The van der Waals surface area contributed by atoms with E-state index in [1.807, 2.05) is 0 Å². The first-order valence-corrected chi connectivity index (χ1v) is 5.92. The fourth-order valence-electron chi connectivity index (χ4n) is 1.64. The second kappa shape index (κ2) is 10.0. The van der Waals surface area contributed by atoms with Gasteiger partial charge in [-0.1, -0.05) is 19.8 Å². The van der Waals surface area contributed by atoms with Gasteiger partial charge in [0.15, 0.2) is 6.61 Å². The minimum absolute atomic E-state index is 0.288. The van der Waals surface area contributed by atoms with Crippen LogP contribution in [0.2, 0.25) is 0 Å². The molecule has 0 aromatic carbocycles. The van der Waals surface area contributed by atoms with E-state index in [9.17, 15) is 9.59 Å². The molecule has 0 bridgehead atoms. The standard InChI is InChI=1S/C11H22N2O4/c1-2-3-9(6-7-12)4-5-10(14)13-17-8-11(15)16/h9H,2-8,12H2,1H3,(H,13,14)(H,15,16). The summed E-state index contributed by atoms with van der Waals surface area (Å²) in [7, 11) is 0. The summed E-state index contributed by atoms with van der Waals surface area (Å²) in [6, 6.07) is 0. The summed E-state index contributed by atoms with van der Waals surface area (Å²) in [4.78, 5) is 25.9. The molecule has 0 saturated carbocycles. The molecule has 0 aliphatic heterocycles. The average molecular weight is 246 g/mol. The molecule has 1 amide bonds. The third kappa shape index (κ3) is 9.77. The molecule has 0 spiro atoms. The molecule has 0 saturated heterocycles. The van der Waals surface area contributed by atoms with Gasteiger partial charge in [-0.25, -0.2) is 10.3 Å². The van der Waals surface area contributed by atoms with Gasteiger partial charge >= 0.3 is 5.97 Å². The summed E-state index contributed by atoms with van der Waals surface area (Å²) in [5.74, 6) is -0.947. The van der Waals surface area contributed by atoms with Gasteiger partial charge in [0, 0.05) is 6.42 Å². The molecule has 1 unspecified atom stereocenters. The molecule has 100 valence electrons. The second-order valence-electron chi connectivity index (χ2n) is 3.98. The Morgan fingerprint density at radius 1 is 1.35 bits per heavy atom. The number of aliphatic carboxylic acids is 1. The Morgan fingerprint density at radius 3 is 2.59 bits per heavy atom. The first kappa shape index (κ1) is 15.9. The highest BCUT2D eigenvalue weighted by Crippen LogP contribution is 2.16. The molecule has 0 aliphatic rings. The molecule has 17 heavy (non-hydrogen) atoms. The van der Waals surface area contributed by atoms with Crippen molar-refractivity contribution in [3.05, 3.63) is 0 Å². The van der Waals surface area contributed by atoms with Crippen LogP contribution < -0.4 is 11.2 Å². The van der Waals surface area contributed by atoms with Crippen LogP contribution in [0.3, 0.4) is 0 Å². The summed E-state index contributed by atoms with van der Waals surface area (Å²) >= 11 is 0. The normalized spacial score (nSPS) is 12.1. The molecule has 0 radical (unpaired) electrons. The number of hydrogen-bond donors (Lipinski definition) is 3. The Morgan fingerprint density at radius 2 is 2.06 bits per heavy atom. The lowest BCUT2D eigenvalue weighted by atomic mass is 9.94. The Hall–Kier alpha value is -1.14. The fraction of sp³-hybridized carbons (Fsp3) is 0.818. The van der Waals surface area contributed by atoms with Crippen molar-refractivity contribution in [1.82, 2.24) is 5.48 Å². The molecule has 0 aromatic heterocycles. The second-order valence-corrected chi connectivity index (χ2v) is 3.98. The van der Waals surface area contributed by atoms with Crippen molar-refractivity contribution in [2.75, 3.05) is 13.2 Å². The van der Waals surface area contributed by atoms with Crippen LogP contribution in [-0.2, 0) is 14.4 Å². The summed E-state index contributed by atoms with van der Waals surface area (Å²) in [6.07, 6.45) is 4.14. The number of nitrogens with one attached hydrogen (secondary N) is 1. The molecule has 0 heterocycles. The predicted molar refractivity (Wildman–Crippen MR) is 63.0 cm³/mol. The Kier molecular flexibility index (Phi) is 9.37. The monoisotopic (exact) mass is 246 g/mol. The van der Waals surface area contributed by atoms with Gasteiger partial charge in [0.25, 0.3) is 0 Å². The van der Waals surface area contributed by atoms with Crippen molar-refractivity contribution < 1.29 is 19.5 Å². The summed E-state index contributed by atoms with van der Waals surface area (Å²) in [5, 5.41) is 8.29. The van der Waals surface area contributed by atoms with Crippen LogP contribution in [-0.4, -0.2) is 30.1 Å². The molecule has 4 N–H and O–H groups in total. The number of rotatable bonds is 10. The quantitative estimate of drug-likeness (QED) is 0.492. The van der Waals surface area contributed by atoms with E-state index in [0.29, 0.717) is 18.9 Å². The van der Waals surface area contributed by atoms with E-state index >= 15 is 0 Å². The van der Waals surface area contributed by atoms with Gasteiger partial charge in [-0.2, -0.15) is 0 Å². The number of nitrogens with two attached hydrogens (primary N) is 1. The zero-order valence-electron chi connectivity index (χ0n) is 10.3. The van der Waals surface area contributed by atoms with Crippen molar-refractivity contribution in [2.24, 2.45) is 11.7 Å². The number of hydrogen-bond acceptors (Lipinski definition) is 4. The van der Waals surface area contributed by atoms with Gasteiger partial charge < -0.3 is 10.8 Å². The van der Waals surface area contributed by atoms with Gasteiger partial charge in [0.05, 0.1) is 0 Å². The lowest BCUT2D eigenvalue weighted by molar-refractivity contribution is -0.149. The van der Waals surface area contributed by atoms with E-state index < -0.39 is 12.6 Å². The minimum atomic E-state index is -1.11. The van der Waals surface area contributed by atoms with E-state index in [2.05, 4.69) is 17.2 Å². The van der Waals surface area contributed by atoms with E-state index in [0.717, 1.165) is 25.7 Å². The van der Waals surface area contributed by atoms with Crippen LogP contribution in [0.5, 0.6) is 0 Å². The van der Waals surface area contributed by atoms with Gasteiger partial charge in [-0.3, -0.25) is 9.63 Å². The van der Waals surface area contributed by atoms with Crippen LogP contribution in [0.25, 0.3) is 0 Å². The summed E-state index contributed by atoms with van der Waals surface area (Å²) in [5.41, 5.74) is 7.59. The molecular formula is C11H22N2O4. The topological polar surface area (TPSA) is 102 Å². The first-order valence-electron chi connectivity index (χ1n) is 5.92. The minimum Gasteiger partial charge on any atom is -0.479 e. The largest absolute Gasteiger partial charge is 0.479 e. The van der Waals surface area contributed by atoms with Crippen molar-refractivity contribution in [1.29, 1.82) is 0 Å². The predicted octanol–water partition coefficient (Wildman–Crippen LogP) is 0.664. The molecule has 6 nitrogen and oxygen atoms in total. The maximum absolute atomic E-state index is 11.3. The zero-order chi connectivity index (χ0) is 13.1. The molecule has 0 aliphatic carbocycles. The average Bonchev–Trinajstić information content (AvgIpc) is 2.26. The number of carbonyl (C=O) groups excluding carboxylic acids is 1. The van der Waals surface area contributed by atoms with Crippen LogP contribution in [0, 0.1) is 5.92 Å². The van der Waals surface area contributed by atoms with E-state index in [4.69, 9.17) is 10.8 Å². The van der Waals surface area contributed by atoms with Crippen LogP contribution >= 0.6 is 0 Å². The maximum atomic E-state index is 11.3. The van der Waals surface area contributed by atoms with Crippen molar-refractivity contribution in [3.8, 4) is 0 Å². The number of carbonyl (C=O) groups is 2. The lowest BCUT2D eigenvalue weighted by Crippen LogP contribution is -2.27. The maximum Gasteiger partial charge on any atom is 0.332 e. The van der Waals surface area contributed by atoms with E-state index in [1.54, 1.807) is 0 Å². The smallest absolute Gasteiger partial charge is 0.332 e. The third-order valence-electron chi connectivity index (χ3n) is 2.43. The zero-order valence-corrected chi connectivity index (χ0v) is 10.3. The summed E-state index contributed by atoms with van der Waals surface area (Å²) < 4.78 is 0. The fourth-order valence-corrected chi connectivity index (χ4v) is 1.64. The summed E-state index contributed by atoms with van der Waals surface area (Å²) in [6.45, 7) is 2.20. The van der Waals surface area contributed by atoms with Crippen LogP contribution in [0.1, 0.15) is 39.0 Å². The number of amides is 1. The molecule has 0 rings (SSSR count). The molecule has 1 atom stereocenters. The highest BCUT2D eigenvalue weighted by molar-refractivity contribution is 5.75. The molecule has 6 heteroatoms. The van der Waals surface area contributed by atoms with Gasteiger partial charge in [0.2, 0.25) is 5.91 Å². The molecule has 0 aromatic rings. The van der Waals surface area contributed by atoms with Gasteiger partial charge in [0.1, 0.15) is 0 Å². The van der Waals surface area contributed by atoms with Gasteiger partial charge in [-0.05, 0) is 25.3 Å². The molecular weight excluding hydrogens is 224 g/mol. The van der Waals surface area contributed by atoms with Crippen molar-refractivity contribution in [2.45, 2.75) is 39.0 Å². The Bertz CT molecular complexity index is 228. The van der Waals surface area contributed by atoms with Gasteiger partial charge in [-0.15, -0.1) is 0 Å². The first-order chi connectivity index (χ1) is 8.10. The van der Waals surface area contributed by atoms with Crippen molar-refractivity contribution >= 4 is 11.9 Å². The van der Waals surface area contributed by atoms with Crippen LogP contribution in [0.4, 0.5) is 0 Å². The Balaban J connectivity index is 3.68. The number of carboxylic acid groups (broad SMARTS) is 1. The Labute approximate surface area is 101 Å². The van der Waals surface area contributed by atoms with Crippen LogP contribution in [0.15, 0.2) is 0 Å². The van der Waals surface area contributed by atoms with E-state index in [-0.39, 0.29) is 5.91 Å². The molecule has 0 fully saturated rings. The van der Waals surface area contributed by atoms with E-state index in [1.165, 1.54) is 0 Å². The number of carboxylic acids is 1. The number of hydroxylamine groups is 1. The third-order valence-corrected chi connectivity index (χ3v) is 2.43. The highest BCUT2D eigenvalue weighted by atomic mass is 16.7. The lowest BCUT2D eigenvalue weighted by Gasteiger charge is -2.14.